The standard InChI is InChI=1S/C12H22N2O/c1-3-5-10(2)12(15)14-9-11-6-4-7-13-8-11/h5,11,13H,3-4,6-9H2,1-2H3,(H,14,15). The summed E-state index contributed by atoms with van der Waals surface area (Å²) in [6.07, 6.45) is 5.34. The van der Waals surface area contributed by atoms with Crippen LogP contribution >= 0.6 is 0 Å². The van der Waals surface area contributed by atoms with E-state index < -0.39 is 0 Å². The molecule has 0 bridgehead atoms. The Morgan fingerprint density at radius 1 is 1.60 bits per heavy atom. The Morgan fingerprint density at radius 3 is 3.00 bits per heavy atom. The maximum absolute atomic E-state index is 11.6. The summed E-state index contributed by atoms with van der Waals surface area (Å²) in [5.41, 5.74) is 0.835. The smallest absolute Gasteiger partial charge is 0.246 e. The Hall–Kier alpha value is -0.830. The third-order valence-corrected chi connectivity index (χ3v) is 2.82. The van der Waals surface area contributed by atoms with E-state index in [2.05, 4.69) is 10.6 Å². The maximum Gasteiger partial charge on any atom is 0.246 e. The molecule has 0 aliphatic carbocycles. The number of rotatable bonds is 4. The second-order valence-electron chi connectivity index (χ2n) is 4.22. The van der Waals surface area contributed by atoms with Gasteiger partial charge in [0.1, 0.15) is 0 Å². The molecular weight excluding hydrogens is 188 g/mol. The number of nitrogens with one attached hydrogen (secondary N) is 2. The summed E-state index contributed by atoms with van der Waals surface area (Å²) in [6, 6.07) is 0. The van der Waals surface area contributed by atoms with Crippen molar-refractivity contribution in [3.63, 3.8) is 0 Å². The van der Waals surface area contributed by atoms with Crippen LogP contribution in [0, 0.1) is 5.92 Å². The van der Waals surface area contributed by atoms with Crippen LogP contribution in [-0.4, -0.2) is 25.5 Å². The molecule has 1 amide bonds. The normalized spacial score (nSPS) is 22.5. The minimum atomic E-state index is 0.0856. The van der Waals surface area contributed by atoms with Crippen molar-refractivity contribution in [1.29, 1.82) is 0 Å². The third kappa shape index (κ3) is 4.47. The Kier molecular flexibility index (Phi) is 5.40. The Bertz CT molecular complexity index is 230. The fourth-order valence-electron chi connectivity index (χ4n) is 1.87. The van der Waals surface area contributed by atoms with Crippen LogP contribution in [-0.2, 0) is 4.79 Å². The highest BCUT2D eigenvalue weighted by atomic mass is 16.1. The topological polar surface area (TPSA) is 41.1 Å². The number of carbonyl (C=O) groups excluding carboxylic acids is 1. The monoisotopic (exact) mass is 210 g/mol. The quantitative estimate of drug-likeness (QED) is 0.690. The number of hydrogen-bond acceptors (Lipinski definition) is 2. The van der Waals surface area contributed by atoms with Gasteiger partial charge in [0.05, 0.1) is 0 Å². The number of piperidine rings is 1. The van der Waals surface area contributed by atoms with Gasteiger partial charge in [0, 0.05) is 12.1 Å². The number of carbonyl (C=O) groups is 1. The molecular formula is C12H22N2O. The lowest BCUT2D eigenvalue weighted by Gasteiger charge is -2.22. The molecule has 1 saturated heterocycles. The molecule has 0 radical (unpaired) electrons. The molecule has 3 heteroatoms. The Balaban J connectivity index is 2.23. The molecule has 0 aromatic heterocycles. The van der Waals surface area contributed by atoms with Crippen LogP contribution in [0.25, 0.3) is 0 Å². The summed E-state index contributed by atoms with van der Waals surface area (Å²) in [4.78, 5) is 11.6. The second kappa shape index (κ2) is 6.62. The number of hydrogen-bond donors (Lipinski definition) is 2. The van der Waals surface area contributed by atoms with Crippen molar-refractivity contribution in [1.82, 2.24) is 10.6 Å². The fourth-order valence-corrected chi connectivity index (χ4v) is 1.87. The van der Waals surface area contributed by atoms with E-state index in [4.69, 9.17) is 0 Å². The van der Waals surface area contributed by atoms with Crippen molar-refractivity contribution >= 4 is 5.91 Å². The van der Waals surface area contributed by atoms with Crippen molar-refractivity contribution in [2.45, 2.75) is 33.1 Å². The summed E-state index contributed by atoms with van der Waals surface area (Å²) in [7, 11) is 0. The summed E-state index contributed by atoms with van der Waals surface area (Å²) >= 11 is 0. The van der Waals surface area contributed by atoms with E-state index in [0.29, 0.717) is 5.92 Å². The van der Waals surface area contributed by atoms with Crippen LogP contribution in [0.15, 0.2) is 11.6 Å². The zero-order chi connectivity index (χ0) is 11.1. The first-order chi connectivity index (χ1) is 7.24. The minimum Gasteiger partial charge on any atom is -0.352 e. The van der Waals surface area contributed by atoms with Gasteiger partial charge in [-0.1, -0.05) is 13.0 Å². The molecule has 0 aromatic carbocycles. The van der Waals surface area contributed by atoms with Crippen LogP contribution in [0.1, 0.15) is 33.1 Å². The van der Waals surface area contributed by atoms with Crippen molar-refractivity contribution in [2.75, 3.05) is 19.6 Å². The number of allylic oxidation sites excluding steroid dienone is 1. The molecule has 2 N–H and O–H groups in total. The van der Waals surface area contributed by atoms with Crippen LogP contribution < -0.4 is 10.6 Å². The average molecular weight is 210 g/mol. The molecule has 1 aliphatic heterocycles. The molecule has 1 rings (SSSR count). The Labute approximate surface area is 92.3 Å². The second-order valence-corrected chi connectivity index (χ2v) is 4.22. The molecule has 0 aromatic rings. The van der Waals surface area contributed by atoms with Gasteiger partial charge in [-0.3, -0.25) is 4.79 Å². The van der Waals surface area contributed by atoms with Gasteiger partial charge in [-0.05, 0) is 45.2 Å². The molecule has 15 heavy (non-hydrogen) atoms. The van der Waals surface area contributed by atoms with Gasteiger partial charge in [0.25, 0.3) is 0 Å². The van der Waals surface area contributed by atoms with E-state index in [1.807, 2.05) is 19.9 Å². The SMILES string of the molecule is CCC=C(C)C(=O)NCC1CCCNC1. The van der Waals surface area contributed by atoms with E-state index >= 15 is 0 Å². The molecule has 3 nitrogen and oxygen atoms in total. The first kappa shape index (κ1) is 12.2. The van der Waals surface area contributed by atoms with E-state index in [0.717, 1.165) is 31.6 Å². The molecule has 1 heterocycles. The lowest BCUT2D eigenvalue weighted by Crippen LogP contribution is -2.38. The van der Waals surface area contributed by atoms with Gasteiger partial charge < -0.3 is 10.6 Å². The first-order valence-corrected chi connectivity index (χ1v) is 5.89. The summed E-state index contributed by atoms with van der Waals surface area (Å²) < 4.78 is 0. The minimum absolute atomic E-state index is 0.0856. The van der Waals surface area contributed by atoms with E-state index in [1.54, 1.807) is 0 Å². The van der Waals surface area contributed by atoms with Crippen LogP contribution in [0.3, 0.4) is 0 Å². The predicted octanol–water partition coefficient (Wildman–Crippen LogP) is 1.46. The van der Waals surface area contributed by atoms with E-state index in [-0.39, 0.29) is 5.91 Å². The van der Waals surface area contributed by atoms with E-state index in [1.165, 1.54) is 12.8 Å². The van der Waals surface area contributed by atoms with Crippen LogP contribution in [0.5, 0.6) is 0 Å². The highest BCUT2D eigenvalue weighted by Gasteiger charge is 2.13. The average Bonchev–Trinajstić information content (AvgIpc) is 2.27. The van der Waals surface area contributed by atoms with Gasteiger partial charge in [-0.15, -0.1) is 0 Å². The van der Waals surface area contributed by atoms with Crippen LogP contribution in [0.4, 0.5) is 0 Å². The number of amides is 1. The highest BCUT2D eigenvalue weighted by Crippen LogP contribution is 2.08. The largest absolute Gasteiger partial charge is 0.352 e. The lowest BCUT2D eigenvalue weighted by molar-refractivity contribution is -0.117. The zero-order valence-electron chi connectivity index (χ0n) is 9.81. The fraction of sp³-hybridized carbons (Fsp3) is 0.750. The predicted molar refractivity (Wildman–Crippen MR) is 62.7 cm³/mol. The van der Waals surface area contributed by atoms with Crippen LogP contribution in [0.2, 0.25) is 0 Å². The van der Waals surface area contributed by atoms with Gasteiger partial charge in [0.2, 0.25) is 5.91 Å². The molecule has 1 fully saturated rings. The summed E-state index contributed by atoms with van der Waals surface area (Å²) in [5, 5.41) is 6.34. The zero-order valence-corrected chi connectivity index (χ0v) is 9.81. The van der Waals surface area contributed by atoms with Gasteiger partial charge >= 0.3 is 0 Å². The maximum atomic E-state index is 11.6. The van der Waals surface area contributed by atoms with Gasteiger partial charge in [-0.25, -0.2) is 0 Å². The summed E-state index contributed by atoms with van der Waals surface area (Å²) in [6.45, 7) is 6.89. The molecule has 0 saturated carbocycles. The molecule has 1 aliphatic rings. The Morgan fingerprint density at radius 2 is 2.40 bits per heavy atom. The molecule has 1 unspecified atom stereocenters. The molecule has 86 valence electrons. The van der Waals surface area contributed by atoms with Gasteiger partial charge in [-0.2, -0.15) is 0 Å². The molecule has 1 atom stereocenters. The van der Waals surface area contributed by atoms with Crippen molar-refractivity contribution in [2.24, 2.45) is 5.92 Å². The molecule has 0 spiro atoms. The van der Waals surface area contributed by atoms with Crippen molar-refractivity contribution < 1.29 is 4.79 Å². The third-order valence-electron chi connectivity index (χ3n) is 2.82. The summed E-state index contributed by atoms with van der Waals surface area (Å²) in [5.74, 6) is 0.694. The first-order valence-electron chi connectivity index (χ1n) is 5.89. The van der Waals surface area contributed by atoms with Crippen molar-refractivity contribution in [3.8, 4) is 0 Å². The van der Waals surface area contributed by atoms with Crippen molar-refractivity contribution in [3.05, 3.63) is 11.6 Å². The van der Waals surface area contributed by atoms with E-state index in [9.17, 15) is 4.79 Å². The lowest BCUT2D eigenvalue weighted by atomic mass is 10.00. The van der Waals surface area contributed by atoms with Gasteiger partial charge in [0.15, 0.2) is 0 Å². The highest BCUT2D eigenvalue weighted by molar-refractivity contribution is 5.92.